The maximum Gasteiger partial charge on any atom is 0.267 e. The highest BCUT2D eigenvalue weighted by Gasteiger charge is 2.42. The molecule has 0 bridgehead atoms. The number of anilines is 2. The highest BCUT2D eigenvalue weighted by molar-refractivity contribution is 8.26. The van der Waals surface area contributed by atoms with Crippen LogP contribution >= 0.6 is 24.0 Å². The van der Waals surface area contributed by atoms with Gasteiger partial charge in [-0.2, -0.15) is 0 Å². The molecule has 2 aromatic carbocycles. The van der Waals surface area contributed by atoms with Gasteiger partial charge in [-0.15, -0.1) is 0 Å². The van der Waals surface area contributed by atoms with Crippen molar-refractivity contribution in [3.8, 4) is 0 Å². The standard InChI is InChI=1S/C23H20FN3O3S2/c1-13(2)11-27-22(30)20(32-23(27)31)19-14-7-3-6-10-17(14)26(21(19)29)12-18(28)25-16-9-5-4-8-15(16)24/h3-10,13H,11-12H2,1-2H3,(H,25,28). The van der Waals surface area contributed by atoms with Gasteiger partial charge in [0.1, 0.15) is 16.7 Å². The lowest BCUT2D eigenvalue weighted by atomic mass is 10.1. The number of benzene rings is 2. The van der Waals surface area contributed by atoms with Gasteiger partial charge in [-0.05, 0) is 24.1 Å². The molecule has 0 radical (unpaired) electrons. The fraction of sp³-hybridized carbons (Fsp3) is 0.217. The second kappa shape index (κ2) is 8.84. The number of carbonyl (C=O) groups is 3. The molecule has 1 fully saturated rings. The van der Waals surface area contributed by atoms with E-state index in [1.807, 2.05) is 13.8 Å². The Labute approximate surface area is 194 Å². The van der Waals surface area contributed by atoms with Crippen molar-refractivity contribution in [2.75, 3.05) is 23.3 Å². The van der Waals surface area contributed by atoms with Gasteiger partial charge in [0.25, 0.3) is 11.8 Å². The summed E-state index contributed by atoms with van der Waals surface area (Å²) < 4.78 is 14.3. The third-order valence-electron chi connectivity index (χ3n) is 5.00. The van der Waals surface area contributed by atoms with E-state index in [4.69, 9.17) is 12.2 Å². The van der Waals surface area contributed by atoms with Gasteiger partial charge >= 0.3 is 0 Å². The smallest absolute Gasteiger partial charge is 0.267 e. The van der Waals surface area contributed by atoms with Gasteiger partial charge in [0, 0.05) is 12.1 Å². The largest absolute Gasteiger partial charge is 0.322 e. The number of thiocarbonyl (C=S) groups is 1. The zero-order valence-electron chi connectivity index (χ0n) is 17.4. The van der Waals surface area contributed by atoms with E-state index in [0.717, 1.165) is 11.8 Å². The molecular formula is C23H20FN3O3S2. The Morgan fingerprint density at radius 3 is 2.47 bits per heavy atom. The molecule has 2 aliphatic rings. The van der Waals surface area contributed by atoms with Gasteiger partial charge in [-0.3, -0.25) is 24.2 Å². The van der Waals surface area contributed by atoms with Crippen LogP contribution in [0.2, 0.25) is 0 Å². The fourth-order valence-electron chi connectivity index (χ4n) is 3.62. The van der Waals surface area contributed by atoms with Gasteiger partial charge < -0.3 is 5.32 Å². The summed E-state index contributed by atoms with van der Waals surface area (Å²) in [6.45, 7) is 4.11. The number of nitrogens with one attached hydrogen (secondary N) is 1. The molecule has 3 amide bonds. The summed E-state index contributed by atoms with van der Waals surface area (Å²) in [5.74, 6) is -1.66. The lowest BCUT2D eigenvalue weighted by molar-refractivity contribution is -0.122. The topological polar surface area (TPSA) is 69.7 Å². The zero-order chi connectivity index (χ0) is 23.0. The van der Waals surface area contributed by atoms with Crippen LogP contribution in [0.25, 0.3) is 5.57 Å². The van der Waals surface area contributed by atoms with Crippen molar-refractivity contribution in [1.29, 1.82) is 0 Å². The van der Waals surface area contributed by atoms with Crippen LogP contribution in [0.15, 0.2) is 53.4 Å². The predicted molar refractivity (Wildman–Crippen MR) is 127 cm³/mol. The number of carbonyl (C=O) groups excluding carboxylic acids is 3. The number of nitrogens with zero attached hydrogens (tertiary/aromatic N) is 2. The van der Waals surface area contributed by atoms with E-state index >= 15 is 0 Å². The van der Waals surface area contributed by atoms with Gasteiger partial charge in [0.2, 0.25) is 5.91 Å². The molecule has 2 aliphatic heterocycles. The maximum atomic E-state index is 13.9. The highest BCUT2D eigenvalue weighted by Crippen LogP contribution is 2.44. The quantitative estimate of drug-likeness (QED) is 0.529. The van der Waals surface area contributed by atoms with Gasteiger partial charge in [0.15, 0.2) is 0 Å². The number of hydrogen-bond acceptors (Lipinski definition) is 5. The lowest BCUT2D eigenvalue weighted by Gasteiger charge is -2.17. The van der Waals surface area contributed by atoms with E-state index in [2.05, 4.69) is 5.32 Å². The first kappa shape index (κ1) is 22.2. The van der Waals surface area contributed by atoms with Gasteiger partial charge in [0.05, 0.1) is 21.9 Å². The molecule has 32 heavy (non-hydrogen) atoms. The van der Waals surface area contributed by atoms with Crippen molar-refractivity contribution in [3.63, 3.8) is 0 Å². The Bertz CT molecular complexity index is 1180. The minimum Gasteiger partial charge on any atom is -0.322 e. The lowest BCUT2D eigenvalue weighted by Crippen LogP contribution is -2.36. The number of amides is 3. The molecule has 0 saturated carbocycles. The van der Waals surface area contributed by atoms with E-state index in [-0.39, 0.29) is 34.5 Å². The molecule has 0 spiro atoms. The minimum absolute atomic E-state index is 0.0345. The summed E-state index contributed by atoms with van der Waals surface area (Å²) >= 11 is 6.48. The summed E-state index contributed by atoms with van der Waals surface area (Å²) in [5.41, 5.74) is 1.36. The molecule has 6 nitrogen and oxygen atoms in total. The van der Waals surface area contributed by atoms with E-state index in [9.17, 15) is 18.8 Å². The molecule has 1 saturated heterocycles. The Morgan fingerprint density at radius 1 is 1.06 bits per heavy atom. The first-order valence-corrected chi connectivity index (χ1v) is 11.2. The van der Waals surface area contributed by atoms with Crippen LogP contribution in [0.5, 0.6) is 0 Å². The summed E-state index contributed by atoms with van der Waals surface area (Å²) in [6.07, 6.45) is 0. The Balaban J connectivity index is 1.65. The van der Waals surface area contributed by atoms with Gasteiger partial charge in [-0.1, -0.05) is 68.2 Å². The van der Waals surface area contributed by atoms with Crippen LogP contribution in [-0.4, -0.2) is 40.0 Å². The minimum atomic E-state index is -0.566. The molecule has 2 aromatic rings. The first-order chi connectivity index (χ1) is 15.3. The number of fused-ring (bicyclic) bond motifs is 1. The second-order valence-electron chi connectivity index (χ2n) is 7.82. The summed E-state index contributed by atoms with van der Waals surface area (Å²) in [5, 5.41) is 2.49. The Hall–Kier alpha value is -3.04. The second-order valence-corrected chi connectivity index (χ2v) is 9.46. The maximum absolute atomic E-state index is 13.9. The molecule has 0 aliphatic carbocycles. The zero-order valence-corrected chi connectivity index (χ0v) is 19.1. The molecule has 0 aromatic heterocycles. The molecule has 1 N–H and O–H groups in total. The first-order valence-electron chi connectivity index (χ1n) is 10.0. The van der Waals surface area contributed by atoms with Crippen molar-refractivity contribution in [2.45, 2.75) is 13.8 Å². The van der Waals surface area contributed by atoms with E-state index < -0.39 is 17.6 Å². The predicted octanol–water partition coefficient (Wildman–Crippen LogP) is 4.04. The van der Waals surface area contributed by atoms with Crippen molar-refractivity contribution in [1.82, 2.24) is 4.90 Å². The number of thioether (sulfide) groups is 1. The van der Waals surface area contributed by atoms with Crippen LogP contribution in [0.3, 0.4) is 0 Å². The molecule has 0 atom stereocenters. The molecule has 2 heterocycles. The highest BCUT2D eigenvalue weighted by atomic mass is 32.2. The molecule has 4 rings (SSSR count). The third kappa shape index (κ3) is 4.05. The van der Waals surface area contributed by atoms with Crippen LogP contribution in [0, 0.1) is 11.7 Å². The van der Waals surface area contributed by atoms with E-state index in [0.29, 0.717) is 22.1 Å². The average Bonchev–Trinajstić information content (AvgIpc) is 3.17. The van der Waals surface area contributed by atoms with Crippen LogP contribution in [0.4, 0.5) is 15.8 Å². The Morgan fingerprint density at radius 2 is 1.75 bits per heavy atom. The van der Waals surface area contributed by atoms with E-state index in [1.54, 1.807) is 30.3 Å². The third-order valence-corrected chi connectivity index (χ3v) is 6.45. The Kier molecular flexibility index (Phi) is 6.12. The fourth-order valence-corrected chi connectivity index (χ4v) is 4.97. The summed E-state index contributed by atoms with van der Waals surface area (Å²) in [7, 11) is 0. The summed E-state index contributed by atoms with van der Waals surface area (Å²) in [6, 6.07) is 12.8. The monoisotopic (exact) mass is 469 g/mol. The van der Waals surface area contributed by atoms with Crippen LogP contribution in [-0.2, 0) is 14.4 Å². The molecule has 0 unspecified atom stereocenters. The number of halogens is 1. The molecule has 164 valence electrons. The van der Waals surface area contributed by atoms with Crippen LogP contribution in [0.1, 0.15) is 19.4 Å². The normalized spacial score (nSPS) is 18.1. The average molecular weight is 470 g/mol. The number of para-hydroxylation sites is 2. The van der Waals surface area contributed by atoms with Crippen LogP contribution < -0.4 is 10.2 Å². The SMILES string of the molecule is CC(C)CN1C(=O)C(=C2C(=O)N(CC(=O)Nc3ccccc3F)c3ccccc32)SC1=S. The van der Waals surface area contributed by atoms with Crippen molar-refractivity contribution >= 4 is 63.0 Å². The molecular weight excluding hydrogens is 449 g/mol. The van der Waals surface area contributed by atoms with Gasteiger partial charge in [-0.25, -0.2) is 4.39 Å². The van der Waals surface area contributed by atoms with Crippen molar-refractivity contribution in [3.05, 3.63) is 64.8 Å². The summed E-state index contributed by atoms with van der Waals surface area (Å²) in [4.78, 5) is 42.1. The van der Waals surface area contributed by atoms with Crippen molar-refractivity contribution in [2.24, 2.45) is 5.92 Å². The van der Waals surface area contributed by atoms with E-state index in [1.165, 1.54) is 28.0 Å². The number of hydrogen-bond donors (Lipinski definition) is 1. The molecule has 9 heteroatoms. The van der Waals surface area contributed by atoms with Crippen molar-refractivity contribution < 1.29 is 18.8 Å². The number of rotatable bonds is 5.